The zero-order chi connectivity index (χ0) is 8.44. The van der Waals surface area contributed by atoms with E-state index in [0.29, 0.717) is 0 Å². The summed E-state index contributed by atoms with van der Waals surface area (Å²) in [5.41, 5.74) is 0.283. The van der Waals surface area contributed by atoms with Gasteiger partial charge in [-0.15, -0.1) is 0 Å². The van der Waals surface area contributed by atoms with Crippen LogP contribution in [0.1, 0.15) is 12.8 Å². The number of hydrogen-bond acceptors (Lipinski definition) is 3. The van der Waals surface area contributed by atoms with Crippen molar-refractivity contribution < 1.29 is 4.74 Å². The fourth-order valence-corrected chi connectivity index (χ4v) is 2.33. The maximum Gasteiger partial charge on any atom is 0.0661 e. The third-order valence-corrected chi connectivity index (χ3v) is 2.89. The van der Waals surface area contributed by atoms with Crippen molar-refractivity contribution in [3.63, 3.8) is 0 Å². The van der Waals surface area contributed by atoms with E-state index < -0.39 is 0 Å². The molecule has 2 saturated heterocycles. The van der Waals surface area contributed by atoms with Crippen molar-refractivity contribution in [3.8, 4) is 0 Å². The van der Waals surface area contributed by atoms with Crippen molar-refractivity contribution in [1.29, 1.82) is 0 Å². The Labute approximate surface area is 74.1 Å². The molecule has 1 atom stereocenters. The second kappa shape index (κ2) is 3.32. The summed E-state index contributed by atoms with van der Waals surface area (Å²) in [7, 11) is 2.19. The van der Waals surface area contributed by atoms with Crippen molar-refractivity contribution >= 4 is 0 Å². The van der Waals surface area contributed by atoms with Gasteiger partial charge in [0.1, 0.15) is 0 Å². The summed E-state index contributed by atoms with van der Waals surface area (Å²) in [4.78, 5) is 2.39. The second-order valence-corrected chi connectivity index (χ2v) is 4.10. The average Bonchev–Trinajstić information content (AvgIpc) is 2.05. The van der Waals surface area contributed by atoms with Crippen LogP contribution in [0.5, 0.6) is 0 Å². The van der Waals surface area contributed by atoms with Crippen LogP contribution in [-0.4, -0.2) is 50.3 Å². The van der Waals surface area contributed by atoms with Crippen molar-refractivity contribution in [2.75, 3.05) is 39.9 Å². The Kier molecular flexibility index (Phi) is 2.35. The van der Waals surface area contributed by atoms with E-state index in [2.05, 4.69) is 17.3 Å². The largest absolute Gasteiger partial charge is 0.378 e. The smallest absolute Gasteiger partial charge is 0.0661 e. The van der Waals surface area contributed by atoms with Crippen molar-refractivity contribution in [2.45, 2.75) is 18.4 Å². The number of rotatable bonds is 0. The number of ether oxygens (including phenoxy) is 1. The fraction of sp³-hybridized carbons (Fsp3) is 1.00. The van der Waals surface area contributed by atoms with Crippen LogP contribution in [0.25, 0.3) is 0 Å². The summed E-state index contributed by atoms with van der Waals surface area (Å²) >= 11 is 0. The average molecular weight is 170 g/mol. The number of hydrogen-bond donors (Lipinski definition) is 1. The molecule has 1 N–H and O–H groups in total. The van der Waals surface area contributed by atoms with E-state index in [1.807, 2.05) is 0 Å². The number of likely N-dealkylation sites (N-methyl/N-ethyl adjacent to an activating group) is 1. The molecular weight excluding hydrogens is 152 g/mol. The van der Waals surface area contributed by atoms with E-state index >= 15 is 0 Å². The summed E-state index contributed by atoms with van der Waals surface area (Å²) in [6.07, 6.45) is 2.57. The highest BCUT2D eigenvalue weighted by Crippen LogP contribution is 2.22. The van der Waals surface area contributed by atoms with Gasteiger partial charge in [-0.05, 0) is 26.4 Å². The van der Waals surface area contributed by atoms with Gasteiger partial charge in [-0.3, -0.25) is 0 Å². The van der Waals surface area contributed by atoms with E-state index in [1.54, 1.807) is 0 Å². The summed E-state index contributed by atoms with van der Waals surface area (Å²) in [6.45, 7) is 5.19. The number of morpholine rings is 1. The first kappa shape index (κ1) is 8.48. The molecule has 0 saturated carbocycles. The monoisotopic (exact) mass is 170 g/mol. The van der Waals surface area contributed by atoms with E-state index in [1.165, 1.54) is 19.4 Å². The zero-order valence-corrected chi connectivity index (χ0v) is 7.81. The van der Waals surface area contributed by atoms with Crippen LogP contribution in [0, 0.1) is 0 Å². The molecule has 12 heavy (non-hydrogen) atoms. The predicted octanol–water partition coefficient (Wildman–Crippen LogP) is 0.0706. The lowest BCUT2D eigenvalue weighted by molar-refractivity contribution is -0.00624. The van der Waals surface area contributed by atoms with E-state index in [-0.39, 0.29) is 5.54 Å². The number of nitrogens with zero attached hydrogens (tertiary/aromatic N) is 1. The maximum atomic E-state index is 5.52. The second-order valence-electron chi connectivity index (χ2n) is 4.10. The molecule has 3 nitrogen and oxygen atoms in total. The lowest BCUT2D eigenvalue weighted by atomic mass is 9.89. The van der Waals surface area contributed by atoms with E-state index in [4.69, 9.17) is 4.74 Å². The number of likely N-dealkylation sites (tertiary alicyclic amines) is 1. The van der Waals surface area contributed by atoms with Crippen molar-refractivity contribution in [3.05, 3.63) is 0 Å². The molecule has 70 valence electrons. The molecule has 0 bridgehead atoms. The summed E-state index contributed by atoms with van der Waals surface area (Å²) < 4.78 is 5.52. The summed E-state index contributed by atoms with van der Waals surface area (Å²) in [6, 6.07) is 0. The Balaban J connectivity index is 1.97. The molecule has 0 aromatic heterocycles. The molecule has 3 heteroatoms. The minimum absolute atomic E-state index is 0.283. The van der Waals surface area contributed by atoms with Crippen LogP contribution in [0.2, 0.25) is 0 Å². The van der Waals surface area contributed by atoms with Gasteiger partial charge < -0.3 is 15.0 Å². The lowest BCUT2D eigenvalue weighted by Gasteiger charge is -2.44. The first-order valence-electron chi connectivity index (χ1n) is 4.82. The normalized spacial score (nSPS) is 38.8. The van der Waals surface area contributed by atoms with Crippen LogP contribution in [-0.2, 0) is 4.74 Å². The van der Waals surface area contributed by atoms with Gasteiger partial charge >= 0.3 is 0 Å². The molecule has 2 heterocycles. The van der Waals surface area contributed by atoms with Gasteiger partial charge in [0, 0.05) is 13.1 Å². The van der Waals surface area contributed by atoms with Crippen LogP contribution < -0.4 is 5.32 Å². The highest BCUT2D eigenvalue weighted by molar-refractivity contribution is 4.95. The zero-order valence-electron chi connectivity index (χ0n) is 7.81. The number of nitrogens with one attached hydrogen (secondary N) is 1. The topological polar surface area (TPSA) is 24.5 Å². The quantitative estimate of drug-likeness (QED) is 0.557. The molecule has 0 aromatic carbocycles. The van der Waals surface area contributed by atoms with Crippen molar-refractivity contribution in [1.82, 2.24) is 10.2 Å². The van der Waals surface area contributed by atoms with Crippen LogP contribution in [0.4, 0.5) is 0 Å². The SMILES string of the molecule is CN1CCCC2(COCCN2)C1. The van der Waals surface area contributed by atoms with Gasteiger partial charge in [-0.2, -0.15) is 0 Å². The Morgan fingerprint density at radius 3 is 3.08 bits per heavy atom. The molecule has 2 aliphatic rings. The fourth-order valence-electron chi connectivity index (χ4n) is 2.33. The predicted molar refractivity (Wildman–Crippen MR) is 48.3 cm³/mol. The van der Waals surface area contributed by atoms with Gasteiger partial charge in [-0.25, -0.2) is 0 Å². The van der Waals surface area contributed by atoms with Crippen LogP contribution >= 0.6 is 0 Å². The van der Waals surface area contributed by atoms with Gasteiger partial charge in [-0.1, -0.05) is 0 Å². The van der Waals surface area contributed by atoms with Crippen molar-refractivity contribution in [2.24, 2.45) is 0 Å². The number of piperidine rings is 1. The first-order valence-corrected chi connectivity index (χ1v) is 4.82. The third-order valence-electron chi connectivity index (χ3n) is 2.89. The molecule has 1 spiro atoms. The Morgan fingerprint density at radius 1 is 1.50 bits per heavy atom. The maximum absolute atomic E-state index is 5.52. The molecule has 0 aromatic rings. The Morgan fingerprint density at radius 2 is 2.42 bits per heavy atom. The van der Waals surface area contributed by atoms with Crippen LogP contribution in [0.15, 0.2) is 0 Å². The molecule has 0 amide bonds. The third kappa shape index (κ3) is 1.63. The lowest BCUT2D eigenvalue weighted by Crippen LogP contribution is -2.62. The molecule has 2 rings (SSSR count). The molecule has 1 unspecified atom stereocenters. The molecule has 0 aliphatic carbocycles. The van der Waals surface area contributed by atoms with Crippen LogP contribution in [0.3, 0.4) is 0 Å². The first-order chi connectivity index (χ1) is 5.81. The Hall–Kier alpha value is -0.120. The van der Waals surface area contributed by atoms with Gasteiger partial charge in [0.25, 0.3) is 0 Å². The van der Waals surface area contributed by atoms with Gasteiger partial charge in [0.15, 0.2) is 0 Å². The minimum Gasteiger partial charge on any atom is -0.378 e. The van der Waals surface area contributed by atoms with E-state index in [9.17, 15) is 0 Å². The Bertz CT molecular complexity index is 149. The highest BCUT2D eigenvalue weighted by Gasteiger charge is 2.35. The molecule has 2 aliphatic heterocycles. The standard InChI is InChI=1S/C9H18N2O/c1-11-5-2-3-9(7-11)8-12-6-4-10-9/h10H,2-8H2,1H3. The van der Waals surface area contributed by atoms with Gasteiger partial charge in [0.2, 0.25) is 0 Å². The highest BCUT2D eigenvalue weighted by atomic mass is 16.5. The van der Waals surface area contributed by atoms with E-state index in [0.717, 1.165) is 26.3 Å². The molecule has 0 radical (unpaired) electrons. The summed E-state index contributed by atoms with van der Waals surface area (Å²) in [5, 5.41) is 3.60. The summed E-state index contributed by atoms with van der Waals surface area (Å²) in [5.74, 6) is 0. The van der Waals surface area contributed by atoms with Gasteiger partial charge in [0.05, 0.1) is 18.8 Å². The molecule has 2 fully saturated rings. The minimum atomic E-state index is 0.283. The molecular formula is C9H18N2O.